The number of aryl methyl sites for hydroxylation is 1. The highest BCUT2D eigenvalue weighted by Gasteiger charge is 2.27. The zero-order chi connectivity index (χ0) is 21.3. The summed E-state index contributed by atoms with van der Waals surface area (Å²) in [6, 6.07) is 3.81. The molecule has 1 aliphatic carbocycles. The largest absolute Gasteiger partial charge is 0.366 e. The molecule has 0 spiro atoms. The van der Waals surface area contributed by atoms with Crippen molar-refractivity contribution in [1.29, 1.82) is 0 Å². The molecule has 10 heteroatoms. The van der Waals surface area contributed by atoms with Gasteiger partial charge in [0.25, 0.3) is 0 Å². The highest BCUT2D eigenvalue weighted by Crippen LogP contribution is 2.29. The molecule has 0 atom stereocenters. The Labute approximate surface area is 178 Å². The standard InChI is InChI=1S/C20H32N8OSi/c1-27-12-16(11-22-27)24-20-25-18(23-15-9-14(21)10-15)17-5-6-28(19(17)26-20)13-29-7-8-30(2,3)4/h5-6,11-12,14-15H,7-10,13,21H2,1-4H3,(H2,23,24,25,26). The van der Waals surface area contributed by atoms with Crippen LogP contribution >= 0.6 is 0 Å². The first kappa shape index (κ1) is 20.8. The number of fused-ring (bicyclic) bond motifs is 1. The Bertz CT molecular complexity index is 1000. The Morgan fingerprint density at radius 2 is 2.07 bits per heavy atom. The van der Waals surface area contributed by atoms with Crippen LogP contribution in [0, 0.1) is 0 Å². The minimum absolute atomic E-state index is 0.275. The van der Waals surface area contributed by atoms with E-state index in [0.717, 1.165) is 48.0 Å². The third kappa shape index (κ3) is 5.00. The summed E-state index contributed by atoms with van der Waals surface area (Å²) in [7, 11) is 0.768. The summed E-state index contributed by atoms with van der Waals surface area (Å²) in [5, 5.41) is 12.0. The molecule has 1 fully saturated rings. The third-order valence-corrected chi connectivity index (χ3v) is 7.03. The van der Waals surface area contributed by atoms with Gasteiger partial charge in [0, 0.05) is 46.2 Å². The molecular formula is C20H32N8OSi. The van der Waals surface area contributed by atoms with Crippen molar-refractivity contribution >= 4 is 36.6 Å². The molecule has 4 N–H and O–H groups in total. The lowest BCUT2D eigenvalue weighted by Gasteiger charge is -2.33. The van der Waals surface area contributed by atoms with E-state index in [1.807, 2.05) is 30.1 Å². The van der Waals surface area contributed by atoms with E-state index in [9.17, 15) is 0 Å². The summed E-state index contributed by atoms with van der Waals surface area (Å²) in [5.41, 5.74) is 7.65. The molecule has 0 amide bonds. The molecule has 0 saturated heterocycles. The first-order valence-corrected chi connectivity index (χ1v) is 14.2. The molecule has 4 rings (SSSR count). The molecule has 0 unspecified atom stereocenters. The fraction of sp³-hybridized carbons (Fsp3) is 0.550. The van der Waals surface area contributed by atoms with Crippen LogP contribution in [0.1, 0.15) is 12.8 Å². The van der Waals surface area contributed by atoms with Crippen LogP contribution in [0.4, 0.5) is 17.5 Å². The summed E-state index contributed by atoms with van der Waals surface area (Å²) >= 11 is 0. The lowest BCUT2D eigenvalue weighted by molar-refractivity contribution is 0.0899. The lowest BCUT2D eigenvalue weighted by Crippen LogP contribution is -2.44. The Morgan fingerprint density at radius 3 is 2.73 bits per heavy atom. The van der Waals surface area contributed by atoms with Crippen LogP contribution in [0.2, 0.25) is 25.7 Å². The molecule has 3 aromatic rings. The molecule has 0 bridgehead atoms. The summed E-state index contributed by atoms with van der Waals surface area (Å²) in [6.45, 7) is 8.32. The van der Waals surface area contributed by atoms with Crippen molar-refractivity contribution in [2.45, 2.75) is 57.3 Å². The van der Waals surface area contributed by atoms with Gasteiger partial charge in [-0.05, 0) is 25.0 Å². The Hall–Kier alpha value is -2.43. The topological polar surface area (TPSA) is 108 Å². The molecule has 0 radical (unpaired) electrons. The molecule has 30 heavy (non-hydrogen) atoms. The van der Waals surface area contributed by atoms with Crippen molar-refractivity contribution in [2.24, 2.45) is 12.8 Å². The summed E-state index contributed by atoms with van der Waals surface area (Å²) in [5.74, 6) is 1.35. The van der Waals surface area contributed by atoms with Crippen LogP contribution < -0.4 is 16.4 Å². The number of ether oxygens (including phenoxy) is 1. The van der Waals surface area contributed by atoms with Gasteiger partial charge < -0.3 is 25.7 Å². The number of aromatic nitrogens is 5. The van der Waals surface area contributed by atoms with Crippen molar-refractivity contribution in [3.05, 3.63) is 24.7 Å². The van der Waals surface area contributed by atoms with E-state index in [2.05, 4.69) is 35.4 Å². The van der Waals surface area contributed by atoms with Gasteiger partial charge in [-0.2, -0.15) is 15.1 Å². The highest BCUT2D eigenvalue weighted by atomic mass is 28.3. The Kier molecular flexibility index (Phi) is 5.81. The number of hydrogen-bond donors (Lipinski definition) is 3. The van der Waals surface area contributed by atoms with E-state index in [0.29, 0.717) is 18.7 Å². The SMILES string of the molecule is Cn1cc(Nc2nc(NC3CC(N)C3)c3ccn(COCC[Si](C)(C)C)c3n2)cn1. The lowest BCUT2D eigenvalue weighted by atomic mass is 9.87. The van der Waals surface area contributed by atoms with Crippen molar-refractivity contribution in [3.8, 4) is 0 Å². The fourth-order valence-corrected chi connectivity index (χ4v) is 4.22. The van der Waals surface area contributed by atoms with E-state index < -0.39 is 8.07 Å². The summed E-state index contributed by atoms with van der Waals surface area (Å²) in [4.78, 5) is 9.50. The third-order valence-electron chi connectivity index (χ3n) is 5.32. The van der Waals surface area contributed by atoms with Crippen LogP contribution in [0.3, 0.4) is 0 Å². The molecule has 1 aliphatic rings. The second kappa shape index (κ2) is 8.36. The van der Waals surface area contributed by atoms with Crippen LogP contribution in [-0.2, 0) is 18.5 Å². The second-order valence-electron chi connectivity index (χ2n) is 9.37. The second-order valence-corrected chi connectivity index (χ2v) is 15.0. The normalized spacial score (nSPS) is 19.1. The van der Waals surface area contributed by atoms with Crippen LogP contribution in [-0.4, -0.2) is 51.1 Å². The molecule has 162 valence electrons. The van der Waals surface area contributed by atoms with Gasteiger partial charge in [0.1, 0.15) is 18.2 Å². The monoisotopic (exact) mass is 428 g/mol. The van der Waals surface area contributed by atoms with E-state index in [1.165, 1.54) is 0 Å². The molecule has 9 nitrogen and oxygen atoms in total. The van der Waals surface area contributed by atoms with Crippen LogP contribution in [0.5, 0.6) is 0 Å². The maximum Gasteiger partial charge on any atom is 0.231 e. The zero-order valence-electron chi connectivity index (χ0n) is 18.2. The zero-order valence-corrected chi connectivity index (χ0v) is 19.2. The number of hydrogen-bond acceptors (Lipinski definition) is 7. The number of nitrogens with zero attached hydrogens (tertiary/aromatic N) is 5. The van der Waals surface area contributed by atoms with Crippen molar-refractivity contribution in [3.63, 3.8) is 0 Å². The minimum atomic E-state index is -1.11. The molecule has 3 heterocycles. The predicted molar refractivity (Wildman–Crippen MR) is 123 cm³/mol. The maximum atomic E-state index is 5.96. The molecule has 0 aliphatic heterocycles. The van der Waals surface area contributed by atoms with Crippen molar-refractivity contribution in [1.82, 2.24) is 24.3 Å². The van der Waals surface area contributed by atoms with E-state index in [-0.39, 0.29) is 6.04 Å². The molecule has 3 aromatic heterocycles. The van der Waals surface area contributed by atoms with Gasteiger partial charge >= 0.3 is 0 Å². The van der Waals surface area contributed by atoms with Gasteiger partial charge in [0.15, 0.2) is 0 Å². The predicted octanol–water partition coefficient (Wildman–Crippen LogP) is 3.12. The Morgan fingerprint density at radius 1 is 1.27 bits per heavy atom. The van der Waals surface area contributed by atoms with Gasteiger partial charge in [0.05, 0.1) is 17.3 Å². The van der Waals surface area contributed by atoms with Gasteiger partial charge in [0.2, 0.25) is 5.95 Å². The number of nitrogens with two attached hydrogens (primary N) is 1. The van der Waals surface area contributed by atoms with Gasteiger partial charge in [-0.3, -0.25) is 4.68 Å². The smallest absolute Gasteiger partial charge is 0.231 e. The summed E-state index contributed by atoms with van der Waals surface area (Å²) in [6.07, 6.45) is 7.57. The number of nitrogens with one attached hydrogen (secondary N) is 2. The maximum absolute atomic E-state index is 5.96. The highest BCUT2D eigenvalue weighted by molar-refractivity contribution is 6.76. The molecular weight excluding hydrogens is 396 g/mol. The molecule has 1 saturated carbocycles. The van der Waals surface area contributed by atoms with Gasteiger partial charge in [-0.1, -0.05) is 19.6 Å². The first-order valence-electron chi connectivity index (χ1n) is 10.5. The molecule has 0 aromatic carbocycles. The Balaban J connectivity index is 1.57. The quantitative estimate of drug-likeness (QED) is 0.355. The van der Waals surface area contributed by atoms with Gasteiger partial charge in [-0.25, -0.2) is 0 Å². The first-order chi connectivity index (χ1) is 14.3. The number of anilines is 3. The summed E-state index contributed by atoms with van der Waals surface area (Å²) < 4.78 is 9.73. The van der Waals surface area contributed by atoms with Crippen LogP contribution in [0.15, 0.2) is 24.7 Å². The fourth-order valence-electron chi connectivity index (χ4n) is 3.46. The minimum Gasteiger partial charge on any atom is -0.366 e. The van der Waals surface area contributed by atoms with E-state index in [1.54, 1.807) is 10.9 Å². The van der Waals surface area contributed by atoms with Gasteiger partial charge in [-0.15, -0.1) is 0 Å². The van der Waals surface area contributed by atoms with Crippen molar-refractivity contribution < 1.29 is 4.74 Å². The van der Waals surface area contributed by atoms with Crippen LogP contribution in [0.25, 0.3) is 11.0 Å². The van der Waals surface area contributed by atoms with E-state index in [4.69, 9.17) is 20.4 Å². The number of rotatable bonds is 9. The average molecular weight is 429 g/mol. The average Bonchev–Trinajstić information content (AvgIpc) is 3.23. The van der Waals surface area contributed by atoms with E-state index >= 15 is 0 Å². The van der Waals surface area contributed by atoms with Crippen molar-refractivity contribution in [2.75, 3.05) is 17.2 Å².